The smallest absolute Gasteiger partial charge is 0.267 e. The van der Waals surface area contributed by atoms with Gasteiger partial charge in [-0.05, 0) is 61.7 Å². The number of ether oxygens (including phenoxy) is 1. The highest BCUT2D eigenvalue weighted by Crippen LogP contribution is 2.21. The summed E-state index contributed by atoms with van der Waals surface area (Å²) in [5.74, 6) is 0.428. The van der Waals surface area contributed by atoms with Gasteiger partial charge in [0.2, 0.25) is 5.91 Å². The summed E-state index contributed by atoms with van der Waals surface area (Å²) in [5.41, 5.74) is 1.78. The second-order valence-electron chi connectivity index (χ2n) is 6.13. The van der Waals surface area contributed by atoms with E-state index in [0.29, 0.717) is 11.4 Å². The van der Waals surface area contributed by atoms with E-state index in [4.69, 9.17) is 4.74 Å². The van der Waals surface area contributed by atoms with E-state index < -0.39 is 6.04 Å². The third kappa shape index (κ3) is 4.43. The van der Waals surface area contributed by atoms with E-state index in [-0.39, 0.29) is 11.5 Å². The molecule has 0 saturated heterocycles. The Morgan fingerprint density at radius 1 is 1.14 bits per heavy atom. The SMILES string of the molecule is COc1ccc(-c2ccc(=O)n(C(C)C(=O)Nc3cccc(SC)c3)n2)cc1. The van der Waals surface area contributed by atoms with Crippen molar-refractivity contribution in [3.63, 3.8) is 0 Å². The second kappa shape index (κ2) is 8.75. The summed E-state index contributed by atoms with van der Waals surface area (Å²) < 4.78 is 6.36. The van der Waals surface area contributed by atoms with Gasteiger partial charge in [-0.2, -0.15) is 5.10 Å². The van der Waals surface area contributed by atoms with E-state index in [1.54, 1.807) is 31.9 Å². The molecule has 6 nitrogen and oxygen atoms in total. The molecule has 1 atom stereocenters. The first kappa shape index (κ1) is 19.7. The topological polar surface area (TPSA) is 73.2 Å². The first-order chi connectivity index (χ1) is 13.5. The van der Waals surface area contributed by atoms with Crippen molar-refractivity contribution in [1.29, 1.82) is 0 Å². The lowest BCUT2D eigenvalue weighted by atomic mass is 10.1. The number of benzene rings is 2. The molecular weight excluding hydrogens is 374 g/mol. The fourth-order valence-corrected chi connectivity index (χ4v) is 3.14. The minimum absolute atomic E-state index is 0.306. The molecule has 28 heavy (non-hydrogen) atoms. The van der Waals surface area contributed by atoms with Gasteiger partial charge in [-0.15, -0.1) is 11.8 Å². The van der Waals surface area contributed by atoms with Crippen molar-refractivity contribution < 1.29 is 9.53 Å². The van der Waals surface area contributed by atoms with Crippen molar-refractivity contribution in [2.45, 2.75) is 17.9 Å². The highest BCUT2D eigenvalue weighted by atomic mass is 32.2. The number of carbonyl (C=O) groups is 1. The fraction of sp³-hybridized carbons (Fsp3) is 0.190. The molecule has 1 aromatic heterocycles. The molecule has 144 valence electrons. The first-order valence-corrected chi connectivity index (χ1v) is 9.93. The Bertz CT molecular complexity index is 1030. The van der Waals surface area contributed by atoms with Crippen LogP contribution in [0.5, 0.6) is 5.75 Å². The number of nitrogens with one attached hydrogen (secondary N) is 1. The molecule has 7 heteroatoms. The lowest BCUT2D eigenvalue weighted by molar-refractivity contribution is -0.119. The molecule has 0 bridgehead atoms. The van der Waals surface area contributed by atoms with Crippen molar-refractivity contribution in [1.82, 2.24) is 9.78 Å². The van der Waals surface area contributed by atoms with E-state index in [9.17, 15) is 9.59 Å². The Balaban J connectivity index is 1.84. The molecule has 3 rings (SSSR count). The first-order valence-electron chi connectivity index (χ1n) is 8.71. The Kier molecular flexibility index (Phi) is 6.16. The number of rotatable bonds is 6. The van der Waals surface area contributed by atoms with Crippen LogP contribution in [0.1, 0.15) is 13.0 Å². The molecule has 1 unspecified atom stereocenters. The maximum Gasteiger partial charge on any atom is 0.267 e. The predicted octanol–water partition coefficient (Wildman–Crippen LogP) is 3.84. The van der Waals surface area contributed by atoms with Gasteiger partial charge in [0.05, 0.1) is 12.8 Å². The summed E-state index contributed by atoms with van der Waals surface area (Å²) in [7, 11) is 1.60. The molecule has 0 radical (unpaired) electrons. The maximum absolute atomic E-state index is 12.7. The van der Waals surface area contributed by atoms with Crippen LogP contribution in [0, 0.1) is 0 Å². The van der Waals surface area contributed by atoms with Gasteiger partial charge in [-0.3, -0.25) is 9.59 Å². The standard InChI is InChI=1S/C21H21N3O3S/c1-14(21(26)22-16-5-4-6-18(13-16)28-3)24-20(25)12-11-19(23-24)15-7-9-17(27-2)10-8-15/h4-14H,1-3H3,(H,22,26). The zero-order valence-electron chi connectivity index (χ0n) is 15.9. The number of anilines is 1. The third-order valence-corrected chi connectivity index (χ3v) is 5.02. The number of nitrogens with zero attached hydrogens (tertiary/aromatic N) is 2. The molecular formula is C21H21N3O3S. The summed E-state index contributed by atoms with van der Waals surface area (Å²) in [6, 6.07) is 17.2. The molecule has 0 aliphatic carbocycles. The van der Waals surface area contributed by atoms with Crippen LogP contribution in [0.4, 0.5) is 5.69 Å². The van der Waals surface area contributed by atoms with Crippen LogP contribution in [-0.4, -0.2) is 29.1 Å². The van der Waals surface area contributed by atoms with Gasteiger partial charge in [-0.1, -0.05) is 6.07 Å². The zero-order chi connectivity index (χ0) is 20.1. The van der Waals surface area contributed by atoms with Crippen molar-refractivity contribution in [2.75, 3.05) is 18.7 Å². The number of hydrogen-bond donors (Lipinski definition) is 1. The van der Waals surface area contributed by atoms with E-state index in [1.165, 1.54) is 10.7 Å². The lowest BCUT2D eigenvalue weighted by Crippen LogP contribution is -2.33. The molecule has 2 aromatic carbocycles. The van der Waals surface area contributed by atoms with Crippen molar-refractivity contribution >= 4 is 23.4 Å². The van der Waals surface area contributed by atoms with Crippen LogP contribution >= 0.6 is 11.8 Å². The number of hydrogen-bond acceptors (Lipinski definition) is 5. The van der Waals surface area contributed by atoms with Gasteiger partial charge in [0, 0.05) is 22.2 Å². The van der Waals surface area contributed by atoms with Crippen molar-refractivity contribution in [3.05, 3.63) is 71.0 Å². The van der Waals surface area contributed by atoms with Gasteiger partial charge >= 0.3 is 0 Å². The monoisotopic (exact) mass is 395 g/mol. The number of aromatic nitrogens is 2. The summed E-state index contributed by atoms with van der Waals surface area (Å²) in [6.07, 6.45) is 1.97. The van der Waals surface area contributed by atoms with Gasteiger partial charge in [0.25, 0.3) is 5.56 Å². The minimum Gasteiger partial charge on any atom is -0.497 e. The molecule has 0 saturated carbocycles. The fourth-order valence-electron chi connectivity index (χ4n) is 2.68. The number of amides is 1. The van der Waals surface area contributed by atoms with Gasteiger partial charge in [-0.25, -0.2) is 4.68 Å². The molecule has 0 aliphatic rings. The normalized spacial score (nSPS) is 11.7. The quantitative estimate of drug-likeness (QED) is 0.642. The maximum atomic E-state index is 12.7. The summed E-state index contributed by atoms with van der Waals surface area (Å²) in [4.78, 5) is 26.0. The van der Waals surface area contributed by atoms with Crippen LogP contribution in [0.2, 0.25) is 0 Å². The van der Waals surface area contributed by atoms with Crippen LogP contribution in [-0.2, 0) is 4.79 Å². The third-order valence-electron chi connectivity index (χ3n) is 4.29. The van der Waals surface area contributed by atoms with Crippen molar-refractivity contribution in [2.24, 2.45) is 0 Å². The minimum atomic E-state index is -0.761. The average molecular weight is 395 g/mol. The van der Waals surface area contributed by atoms with E-state index in [0.717, 1.165) is 16.2 Å². The number of methoxy groups -OCH3 is 1. The van der Waals surface area contributed by atoms with Crippen LogP contribution < -0.4 is 15.6 Å². The highest BCUT2D eigenvalue weighted by molar-refractivity contribution is 7.98. The zero-order valence-corrected chi connectivity index (χ0v) is 16.7. The van der Waals surface area contributed by atoms with E-state index in [2.05, 4.69) is 10.4 Å². The van der Waals surface area contributed by atoms with Crippen molar-refractivity contribution in [3.8, 4) is 17.0 Å². The summed E-state index contributed by atoms with van der Waals surface area (Å²) in [6.45, 7) is 1.65. The predicted molar refractivity (Wildman–Crippen MR) is 112 cm³/mol. The molecule has 0 fully saturated rings. The average Bonchev–Trinajstić information content (AvgIpc) is 2.73. The molecule has 1 amide bonds. The number of thioether (sulfide) groups is 1. The largest absolute Gasteiger partial charge is 0.497 e. The summed E-state index contributed by atoms with van der Waals surface area (Å²) in [5, 5.41) is 7.24. The van der Waals surface area contributed by atoms with Crippen LogP contribution in [0.15, 0.2) is 70.4 Å². The lowest BCUT2D eigenvalue weighted by Gasteiger charge is -2.15. The molecule has 0 spiro atoms. The Morgan fingerprint density at radius 3 is 2.57 bits per heavy atom. The van der Waals surface area contributed by atoms with Gasteiger partial charge in [0.15, 0.2) is 0 Å². The van der Waals surface area contributed by atoms with Gasteiger partial charge < -0.3 is 10.1 Å². The molecule has 1 N–H and O–H groups in total. The van der Waals surface area contributed by atoms with Crippen LogP contribution in [0.3, 0.4) is 0 Å². The van der Waals surface area contributed by atoms with Gasteiger partial charge in [0.1, 0.15) is 11.8 Å². The molecule has 0 aliphatic heterocycles. The Hall–Kier alpha value is -3.06. The highest BCUT2D eigenvalue weighted by Gasteiger charge is 2.18. The van der Waals surface area contributed by atoms with Crippen LogP contribution in [0.25, 0.3) is 11.3 Å². The Morgan fingerprint density at radius 2 is 1.89 bits per heavy atom. The second-order valence-corrected chi connectivity index (χ2v) is 7.01. The Labute approximate surface area is 167 Å². The summed E-state index contributed by atoms with van der Waals surface area (Å²) >= 11 is 1.59. The van der Waals surface area contributed by atoms with E-state index in [1.807, 2.05) is 54.8 Å². The molecule has 3 aromatic rings. The van der Waals surface area contributed by atoms with E-state index >= 15 is 0 Å². The molecule has 1 heterocycles. The number of carbonyl (C=O) groups excluding carboxylic acids is 1.